The number of carbonyl (C=O) groups is 3. The number of hydrogen-bond donors (Lipinski definition) is 4. The average Bonchev–Trinajstić information content (AvgIpc) is 2.25. The summed E-state index contributed by atoms with van der Waals surface area (Å²) in [6.07, 6.45) is 0.247. The Morgan fingerprint density at radius 3 is 2.24 bits per heavy atom. The average molecular weight is 247 g/mol. The molecule has 0 bridgehead atoms. The molecule has 7 N–H and O–H groups in total. The fraction of sp³-hybridized carbons (Fsp3) is 0.667. The highest BCUT2D eigenvalue weighted by Crippen LogP contribution is 1.99. The summed E-state index contributed by atoms with van der Waals surface area (Å²) in [5.74, 6) is -3.25. The van der Waals surface area contributed by atoms with E-state index in [0.717, 1.165) is 0 Å². The van der Waals surface area contributed by atoms with Crippen LogP contribution in [0.2, 0.25) is 0 Å². The lowest BCUT2D eigenvalue weighted by Crippen LogP contribution is -2.37. The van der Waals surface area contributed by atoms with Crippen LogP contribution >= 0.6 is 0 Å². The van der Waals surface area contributed by atoms with Crippen LogP contribution in [0.5, 0.6) is 0 Å². The molecule has 0 aromatic heterocycles. The minimum absolute atomic E-state index is 0.299. The van der Waals surface area contributed by atoms with Gasteiger partial charge in [0.15, 0.2) is 0 Å². The quantitative estimate of drug-likeness (QED) is 0.295. The van der Waals surface area contributed by atoms with Crippen molar-refractivity contribution in [3.8, 4) is 0 Å². The zero-order valence-electron chi connectivity index (χ0n) is 9.30. The van der Waals surface area contributed by atoms with Crippen LogP contribution in [-0.4, -0.2) is 41.6 Å². The predicted octanol–water partition coefficient (Wildman–Crippen LogP) is -2.08. The third-order valence-corrected chi connectivity index (χ3v) is 1.94. The summed E-state index contributed by atoms with van der Waals surface area (Å²) >= 11 is 0. The smallest absolute Gasteiger partial charge is 0.330 e. The minimum atomic E-state index is -1.39. The molecule has 0 fully saturated rings. The highest BCUT2D eigenvalue weighted by Gasteiger charge is 2.22. The third kappa shape index (κ3) is 6.61. The van der Waals surface area contributed by atoms with E-state index in [4.69, 9.17) is 22.3 Å². The molecule has 0 saturated heterocycles. The van der Waals surface area contributed by atoms with Crippen molar-refractivity contribution in [3.63, 3.8) is 0 Å². The van der Waals surface area contributed by atoms with Crippen LogP contribution in [0, 0.1) is 0 Å². The van der Waals surface area contributed by atoms with Gasteiger partial charge in [0.1, 0.15) is 12.1 Å². The number of rotatable bonds is 7. The van der Waals surface area contributed by atoms with E-state index in [1.807, 2.05) is 0 Å². The molecule has 8 heteroatoms. The van der Waals surface area contributed by atoms with Gasteiger partial charge in [0.2, 0.25) is 0 Å². The number of esters is 2. The van der Waals surface area contributed by atoms with Crippen molar-refractivity contribution in [2.45, 2.75) is 31.3 Å². The standard InChI is InChI=1S/C9H17N3O5/c10-3-1-2-5(11)9(16)17-7(13)4-6(12)8(14)15/h5-6H,1-4,10-12H2,(H,14,15)/t5-,6+/m1/s1. The van der Waals surface area contributed by atoms with Crippen LogP contribution in [0.25, 0.3) is 0 Å². The topological polar surface area (TPSA) is 159 Å². The fourth-order valence-corrected chi connectivity index (χ4v) is 0.952. The number of hydrogen-bond acceptors (Lipinski definition) is 7. The molecule has 17 heavy (non-hydrogen) atoms. The van der Waals surface area contributed by atoms with Crippen LogP contribution in [-0.2, 0) is 19.1 Å². The number of carboxylic acids is 1. The molecule has 0 aromatic rings. The van der Waals surface area contributed by atoms with E-state index in [0.29, 0.717) is 19.4 Å². The third-order valence-electron chi connectivity index (χ3n) is 1.94. The van der Waals surface area contributed by atoms with Crippen LogP contribution in [0.4, 0.5) is 0 Å². The van der Waals surface area contributed by atoms with Gasteiger partial charge >= 0.3 is 17.9 Å². The molecule has 98 valence electrons. The lowest BCUT2D eigenvalue weighted by Gasteiger charge is -2.10. The first-order chi connectivity index (χ1) is 7.88. The van der Waals surface area contributed by atoms with E-state index < -0.39 is 36.4 Å². The first-order valence-corrected chi connectivity index (χ1v) is 5.07. The Balaban J connectivity index is 4.03. The van der Waals surface area contributed by atoms with Gasteiger partial charge in [0, 0.05) is 0 Å². The van der Waals surface area contributed by atoms with Gasteiger partial charge in [-0.3, -0.25) is 9.59 Å². The van der Waals surface area contributed by atoms with E-state index in [9.17, 15) is 14.4 Å². The highest BCUT2D eigenvalue weighted by molar-refractivity contribution is 5.90. The van der Waals surface area contributed by atoms with E-state index in [1.165, 1.54) is 0 Å². The molecule has 2 atom stereocenters. The van der Waals surface area contributed by atoms with Crippen molar-refractivity contribution < 1.29 is 24.2 Å². The molecule has 0 spiro atoms. The summed E-state index contributed by atoms with van der Waals surface area (Å²) in [4.78, 5) is 32.6. The van der Waals surface area contributed by atoms with Gasteiger partial charge in [-0.25, -0.2) is 4.79 Å². The van der Waals surface area contributed by atoms with E-state index >= 15 is 0 Å². The molecule has 0 aromatic carbocycles. The molecular weight excluding hydrogens is 230 g/mol. The number of aliphatic carboxylic acids is 1. The molecule has 0 aliphatic heterocycles. The summed E-state index contributed by atoms with van der Waals surface area (Å²) in [7, 11) is 0. The summed E-state index contributed by atoms with van der Waals surface area (Å²) in [6, 6.07) is -2.33. The molecule has 0 rings (SSSR count). The first-order valence-electron chi connectivity index (χ1n) is 5.07. The Labute approximate surface area is 98.1 Å². The monoisotopic (exact) mass is 247 g/mol. The van der Waals surface area contributed by atoms with Crippen LogP contribution < -0.4 is 17.2 Å². The number of carboxylic acid groups (broad SMARTS) is 1. The molecular formula is C9H17N3O5. The van der Waals surface area contributed by atoms with Gasteiger partial charge in [-0.05, 0) is 19.4 Å². The van der Waals surface area contributed by atoms with Crippen molar-refractivity contribution >= 4 is 17.9 Å². The lowest BCUT2D eigenvalue weighted by molar-refractivity contribution is -0.162. The Kier molecular flexibility index (Phi) is 7.03. The SMILES string of the molecule is NCCC[C@@H](N)C(=O)OC(=O)C[C@H](N)C(=O)O. The molecule has 0 aliphatic carbocycles. The van der Waals surface area contributed by atoms with Crippen molar-refractivity contribution in [1.82, 2.24) is 0 Å². The predicted molar refractivity (Wildman–Crippen MR) is 57.6 cm³/mol. The van der Waals surface area contributed by atoms with Crippen molar-refractivity contribution in [1.29, 1.82) is 0 Å². The summed E-state index contributed by atoms with van der Waals surface area (Å²) in [5.41, 5.74) is 15.7. The number of nitrogens with two attached hydrogens (primary N) is 3. The van der Waals surface area contributed by atoms with E-state index in [2.05, 4.69) is 4.74 Å². The normalized spacial score (nSPS) is 13.8. The van der Waals surface area contributed by atoms with Crippen molar-refractivity contribution in [3.05, 3.63) is 0 Å². The van der Waals surface area contributed by atoms with Gasteiger partial charge in [-0.2, -0.15) is 0 Å². The Morgan fingerprint density at radius 2 is 1.76 bits per heavy atom. The number of ether oxygens (including phenoxy) is 1. The Morgan fingerprint density at radius 1 is 1.18 bits per heavy atom. The molecule has 0 aliphatic rings. The maximum Gasteiger partial charge on any atom is 0.330 e. The van der Waals surface area contributed by atoms with Gasteiger partial charge in [-0.1, -0.05) is 0 Å². The van der Waals surface area contributed by atoms with E-state index in [1.54, 1.807) is 0 Å². The second-order valence-corrected chi connectivity index (χ2v) is 3.48. The second kappa shape index (κ2) is 7.71. The van der Waals surface area contributed by atoms with Crippen molar-refractivity contribution in [2.75, 3.05) is 6.54 Å². The minimum Gasteiger partial charge on any atom is -0.480 e. The van der Waals surface area contributed by atoms with Gasteiger partial charge < -0.3 is 27.0 Å². The van der Waals surface area contributed by atoms with Crippen LogP contribution in [0.3, 0.4) is 0 Å². The molecule has 8 nitrogen and oxygen atoms in total. The molecule has 0 radical (unpaired) electrons. The summed E-state index contributed by atoms with van der Waals surface area (Å²) in [6.45, 7) is 0.374. The largest absolute Gasteiger partial charge is 0.480 e. The molecule has 0 amide bonds. The Bertz CT molecular complexity index is 294. The van der Waals surface area contributed by atoms with Gasteiger partial charge in [-0.15, -0.1) is 0 Å². The second-order valence-electron chi connectivity index (χ2n) is 3.48. The first kappa shape index (κ1) is 15.5. The van der Waals surface area contributed by atoms with Crippen LogP contribution in [0.15, 0.2) is 0 Å². The van der Waals surface area contributed by atoms with E-state index in [-0.39, 0.29) is 0 Å². The fourth-order valence-electron chi connectivity index (χ4n) is 0.952. The molecule has 0 unspecified atom stereocenters. The van der Waals surface area contributed by atoms with Crippen LogP contribution in [0.1, 0.15) is 19.3 Å². The molecule has 0 heterocycles. The maximum absolute atomic E-state index is 11.2. The zero-order chi connectivity index (χ0) is 13.4. The van der Waals surface area contributed by atoms with Gasteiger partial charge in [0.25, 0.3) is 0 Å². The summed E-state index contributed by atoms with van der Waals surface area (Å²) in [5, 5.41) is 8.43. The van der Waals surface area contributed by atoms with Crippen molar-refractivity contribution in [2.24, 2.45) is 17.2 Å². The highest BCUT2D eigenvalue weighted by atomic mass is 16.6. The summed E-state index contributed by atoms with van der Waals surface area (Å²) < 4.78 is 4.34. The maximum atomic E-state index is 11.2. The number of carbonyl (C=O) groups excluding carboxylic acids is 2. The van der Waals surface area contributed by atoms with Gasteiger partial charge in [0.05, 0.1) is 6.42 Å². The zero-order valence-corrected chi connectivity index (χ0v) is 9.30. The Hall–Kier alpha value is -1.51. The lowest BCUT2D eigenvalue weighted by atomic mass is 10.2. The molecule has 0 saturated carbocycles.